The summed E-state index contributed by atoms with van der Waals surface area (Å²) in [5.74, 6) is 0. The van der Waals surface area contributed by atoms with Crippen molar-refractivity contribution in [2.45, 2.75) is 79.1 Å². The Morgan fingerprint density at radius 2 is 1.04 bits per heavy atom. The molecule has 0 aliphatic heterocycles. The maximum Gasteiger partial charge on any atom is 0.571 e. The van der Waals surface area contributed by atoms with Crippen LogP contribution in [0.25, 0.3) is 0 Å². The summed E-state index contributed by atoms with van der Waals surface area (Å²) < 4.78 is 26.0. The van der Waals surface area contributed by atoms with E-state index in [1.165, 1.54) is 94.2 Å². The Labute approximate surface area is 180 Å². The minimum absolute atomic E-state index is 0. The molecule has 164 valence electrons. The molecule has 0 spiro atoms. The number of benzene rings is 1. The molecule has 0 aromatic heterocycles. The summed E-state index contributed by atoms with van der Waals surface area (Å²) >= 11 is 3.15. The highest BCUT2D eigenvalue weighted by atomic mass is 79.9. The van der Waals surface area contributed by atoms with Crippen LogP contribution in [0.4, 0.5) is 8.63 Å². The van der Waals surface area contributed by atoms with E-state index in [4.69, 9.17) is 0 Å². The lowest BCUT2D eigenvalue weighted by atomic mass is 9.86. The number of unbranched alkanes of at least 4 members (excludes halogenated alkanes) is 4. The van der Waals surface area contributed by atoms with Crippen LogP contribution in [0.15, 0.2) is 28.7 Å². The Balaban J connectivity index is 0. The summed E-state index contributed by atoms with van der Waals surface area (Å²) in [6.45, 7) is 15.0. The van der Waals surface area contributed by atoms with Crippen LogP contribution in [-0.2, 0) is 0 Å². The lowest BCUT2D eigenvalue weighted by Gasteiger charge is -2.39. The molecule has 0 N–H and O–H groups in total. The van der Waals surface area contributed by atoms with Crippen molar-refractivity contribution in [1.82, 2.24) is 0 Å². The molecule has 0 saturated carbocycles. The summed E-state index contributed by atoms with van der Waals surface area (Å²) in [7, 11) is -2.37. The predicted molar refractivity (Wildman–Crippen MR) is 121 cm³/mol. The Bertz CT molecular complexity index is 420. The van der Waals surface area contributed by atoms with E-state index in [2.05, 4.69) is 43.6 Å². The van der Waals surface area contributed by atoms with E-state index < -0.39 is 7.27 Å². The maximum atomic E-state index is 11.9. The molecule has 0 saturated heterocycles. The van der Waals surface area contributed by atoms with Crippen LogP contribution in [-0.4, -0.2) is 37.9 Å². The molecule has 0 fully saturated rings. The van der Waals surface area contributed by atoms with E-state index in [1.54, 1.807) is 12.1 Å². The van der Waals surface area contributed by atoms with Gasteiger partial charge in [-0.15, -0.1) is 0 Å². The summed E-state index contributed by atoms with van der Waals surface area (Å²) in [5.41, 5.74) is 0.0585. The van der Waals surface area contributed by atoms with Gasteiger partial charge in [-0.2, -0.15) is 0 Å². The molecular formula is C22H40BBrF3N. The van der Waals surface area contributed by atoms with Gasteiger partial charge in [0.25, 0.3) is 0 Å². The van der Waals surface area contributed by atoms with Crippen molar-refractivity contribution in [3.63, 3.8) is 0 Å². The van der Waals surface area contributed by atoms with Gasteiger partial charge < -0.3 is 9.19 Å². The van der Waals surface area contributed by atoms with E-state index in [-0.39, 0.29) is 10.2 Å². The first kappa shape index (κ1) is 29.7. The number of rotatable bonds is 13. The van der Waals surface area contributed by atoms with Crippen molar-refractivity contribution in [3.05, 3.63) is 28.7 Å². The Morgan fingerprint density at radius 3 is 1.29 bits per heavy atom. The maximum absolute atomic E-state index is 11.9. The van der Waals surface area contributed by atoms with Crippen molar-refractivity contribution in [3.8, 4) is 0 Å². The van der Waals surface area contributed by atoms with Gasteiger partial charge >= 0.3 is 7.27 Å². The lowest BCUT2D eigenvalue weighted by Crippen LogP contribution is -3.00. The summed E-state index contributed by atoms with van der Waals surface area (Å²) in [4.78, 5) is 0. The highest BCUT2D eigenvalue weighted by molar-refractivity contribution is 9.10. The van der Waals surface area contributed by atoms with Gasteiger partial charge in [-0.3, -0.25) is 8.63 Å². The molecule has 1 nitrogen and oxygen atoms in total. The molecule has 1 rings (SSSR count). The highest BCUT2D eigenvalue weighted by Crippen LogP contribution is 2.16. The van der Waals surface area contributed by atoms with Crippen molar-refractivity contribution in [1.29, 1.82) is 0 Å². The number of hydrogen-bond donors (Lipinski definition) is 0. The molecule has 0 aliphatic rings. The molecule has 1 aromatic carbocycles. The quantitative estimate of drug-likeness (QED) is 0.304. The van der Waals surface area contributed by atoms with Gasteiger partial charge in [0.1, 0.15) is 0 Å². The van der Waals surface area contributed by atoms with Gasteiger partial charge in [-0.1, -0.05) is 81.4 Å². The molecule has 0 radical (unpaired) electrons. The topological polar surface area (TPSA) is 0 Å². The normalized spacial score (nSPS) is 10.7. The highest BCUT2D eigenvalue weighted by Gasteiger charge is 2.24. The van der Waals surface area contributed by atoms with Gasteiger partial charge in [0.05, 0.1) is 26.2 Å². The smallest absolute Gasteiger partial charge is 0.571 e. The molecule has 0 heterocycles. The van der Waals surface area contributed by atoms with Crippen molar-refractivity contribution < 1.29 is 17.8 Å². The zero-order valence-corrected chi connectivity index (χ0v) is 19.9. The summed E-state index contributed by atoms with van der Waals surface area (Å²) in [6, 6.07) is 5.99. The minimum atomic E-state index is -2.37. The predicted octanol–water partition coefficient (Wildman–Crippen LogP) is 4.09. The van der Waals surface area contributed by atoms with Gasteiger partial charge in [0.15, 0.2) is 0 Å². The fourth-order valence-electron chi connectivity index (χ4n) is 3.25. The summed E-state index contributed by atoms with van der Waals surface area (Å²) in [5, 5.41) is 0. The van der Waals surface area contributed by atoms with Gasteiger partial charge in [0, 0.05) is 4.47 Å². The third-order valence-electron chi connectivity index (χ3n) is 5.07. The molecule has 0 aliphatic carbocycles. The Kier molecular flexibility index (Phi) is 19.7. The van der Waals surface area contributed by atoms with Gasteiger partial charge in [0.2, 0.25) is 0 Å². The molecule has 28 heavy (non-hydrogen) atoms. The zero-order chi connectivity index (χ0) is 20.5. The molecule has 0 bridgehead atoms. The third kappa shape index (κ3) is 13.7. The van der Waals surface area contributed by atoms with Gasteiger partial charge in [-0.25, -0.2) is 0 Å². The standard InChI is InChI=1S/C16H36N.C6H4BBrF2.FH/c1-5-9-13-17(14-10-6-2,15-11-7-3)16-12-8-4;8-6-3-1-5(2-4-6)7(9)10;/h5-16H2,1-4H3;1-4H;1H/q+1;;/p-1. The first-order valence-corrected chi connectivity index (χ1v) is 11.6. The second-order valence-electron chi connectivity index (χ2n) is 7.50. The molecule has 0 unspecified atom stereocenters. The fourth-order valence-corrected chi connectivity index (χ4v) is 3.52. The van der Waals surface area contributed by atoms with Crippen molar-refractivity contribution in [2.24, 2.45) is 0 Å². The van der Waals surface area contributed by atoms with Crippen LogP contribution < -0.4 is 10.2 Å². The zero-order valence-electron chi connectivity index (χ0n) is 18.3. The molecule has 0 atom stereocenters. The van der Waals surface area contributed by atoms with Crippen LogP contribution in [0.1, 0.15) is 79.1 Å². The Hall–Kier alpha value is -0.485. The van der Waals surface area contributed by atoms with Crippen LogP contribution in [0.3, 0.4) is 0 Å². The van der Waals surface area contributed by atoms with Crippen molar-refractivity contribution >= 4 is 28.7 Å². The van der Waals surface area contributed by atoms with Crippen LogP contribution in [0.5, 0.6) is 0 Å². The van der Waals surface area contributed by atoms with E-state index in [1.807, 2.05) is 0 Å². The average Bonchev–Trinajstić information content (AvgIpc) is 2.68. The first-order chi connectivity index (χ1) is 12.9. The lowest BCUT2D eigenvalue weighted by molar-refractivity contribution is -0.929. The second-order valence-corrected chi connectivity index (χ2v) is 8.42. The Morgan fingerprint density at radius 1 is 0.714 bits per heavy atom. The van der Waals surface area contributed by atoms with E-state index in [0.29, 0.717) is 0 Å². The SMILES string of the molecule is CCCC[N+](CCCC)(CCCC)CCCC.FB(F)c1ccc(Br)cc1.[F-]. The molecular weight excluding hydrogens is 426 g/mol. The van der Waals surface area contributed by atoms with Crippen molar-refractivity contribution in [2.75, 3.05) is 26.2 Å². The molecule has 0 amide bonds. The second kappa shape index (κ2) is 18.5. The number of nitrogens with zero attached hydrogens (tertiary/aromatic N) is 1. The molecule has 1 aromatic rings. The third-order valence-corrected chi connectivity index (χ3v) is 5.59. The first-order valence-electron chi connectivity index (χ1n) is 10.8. The van der Waals surface area contributed by atoms with E-state index in [0.717, 1.165) is 4.47 Å². The van der Waals surface area contributed by atoms with Crippen LogP contribution >= 0.6 is 15.9 Å². The summed E-state index contributed by atoms with van der Waals surface area (Å²) in [6.07, 6.45) is 11.1. The number of halogens is 4. The fraction of sp³-hybridized carbons (Fsp3) is 0.727. The minimum Gasteiger partial charge on any atom is -1.00 e. The van der Waals surface area contributed by atoms with E-state index in [9.17, 15) is 8.63 Å². The van der Waals surface area contributed by atoms with Gasteiger partial charge in [-0.05, 0) is 43.3 Å². The number of quaternary nitrogens is 1. The van der Waals surface area contributed by atoms with Crippen LogP contribution in [0.2, 0.25) is 0 Å². The largest absolute Gasteiger partial charge is 1.00 e. The molecule has 6 heteroatoms. The van der Waals surface area contributed by atoms with Crippen LogP contribution in [0, 0.1) is 0 Å². The monoisotopic (exact) mass is 465 g/mol. The average molecular weight is 466 g/mol. The van der Waals surface area contributed by atoms with E-state index >= 15 is 0 Å². The number of hydrogen-bond acceptors (Lipinski definition) is 0.